The van der Waals surface area contributed by atoms with Gasteiger partial charge in [-0.2, -0.15) is 14.7 Å². The number of anilines is 2. The van der Waals surface area contributed by atoms with Crippen molar-refractivity contribution in [1.82, 2.24) is 39.6 Å². The molecule has 6 rings (SSSR count). The van der Waals surface area contributed by atoms with Gasteiger partial charge in [-0.25, -0.2) is 14.6 Å². The molecule has 1 aromatic carbocycles. The van der Waals surface area contributed by atoms with Crippen molar-refractivity contribution in [3.05, 3.63) is 72.6 Å². The SMILES string of the molecule is Cc1cc(C)n(-c2cc(N3CC(C(=O)Nc4cccc(-c5ccc6nncn6n5)c4)C3)ncn2)n1. The highest BCUT2D eigenvalue weighted by atomic mass is 16.2. The number of benzene rings is 1. The molecule has 1 saturated heterocycles. The van der Waals surface area contributed by atoms with Gasteiger partial charge in [0.1, 0.15) is 18.5 Å². The number of rotatable bonds is 5. The molecular formula is C24H22N10O. The van der Waals surface area contributed by atoms with Crippen LogP contribution in [0.15, 0.2) is 61.2 Å². The summed E-state index contributed by atoms with van der Waals surface area (Å²) in [5.74, 6) is 1.35. The molecule has 1 N–H and O–H groups in total. The van der Waals surface area contributed by atoms with Gasteiger partial charge in [-0.3, -0.25) is 4.79 Å². The average Bonchev–Trinajstić information content (AvgIpc) is 3.43. The van der Waals surface area contributed by atoms with E-state index in [2.05, 4.69) is 40.6 Å². The van der Waals surface area contributed by atoms with E-state index in [1.54, 1.807) is 15.5 Å². The van der Waals surface area contributed by atoms with E-state index in [-0.39, 0.29) is 11.8 Å². The lowest BCUT2D eigenvalue weighted by Gasteiger charge is -2.39. The van der Waals surface area contributed by atoms with Gasteiger partial charge in [0.05, 0.1) is 17.3 Å². The lowest BCUT2D eigenvalue weighted by Crippen LogP contribution is -2.52. The smallest absolute Gasteiger partial charge is 0.231 e. The van der Waals surface area contributed by atoms with E-state index in [0.717, 1.165) is 34.2 Å². The second-order valence-electron chi connectivity index (χ2n) is 8.60. The van der Waals surface area contributed by atoms with Crippen LogP contribution in [0.5, 0.6) is 0 Å². The number of aromatic nitrogens is 8. The molecule has 0 bridgehead atoms. The van der Waals surface area contributed by atoms with Crippen molar-refractivity contribution >= 4 is 23.1 Å². The van der Waals surface area contributed by atoms with Crippen LogP contribution in [-0.2, 0) is 4.79 Å². The van der Waals surface area contributed by atoms with Gasteiger partial charge in [0, 0.05) is 36.1 Å². The van der Waals surface area contributed by atoms with E-state index in [1.807, 2.05) is 62.4 Å². The van der Waals surface area contributed by atoms with Gasteiger partial charge in [-0.05, 0) is 44.2 Å². The molecule has 0 unspecified atom stereocenters. The molecule has 5 heterocycles. The van der Waals surface area contributed by atoms with E-state index in [9.17, 15) is 4.79 Å². The second-order valence-corrected chi connectivity index (χ2v) is 8.60. The molecule has 0 saturated carbocycles. The molecule has 1 aliphatic heterocycles. The normalized spacial score (nSPS) is 13.7. The van der Waals surface area contributed by atoms with Crippen molar-refractivity contribution in [2.45, 2.75) is 13.8 Å². The monoisotopic (exact) mass is 466 g/mol. The first-order chi connectivity index (χ1) is 17.0. The summed E-state index contributed by atoms with van der Waals surface area (Å²) in [6.07, 6.45) is 3.09. The van der Waals surface area contributed by atoms with Crippen molar-refractivity contribution in [3.63, 3.8) is 0 Å². The Labute approximate surface area is 200 Å². The molecule has 5 aromatic rings. The number of aryl methyl sites for hydroxylation is 2. The maximum absolute atomic E-state index is 12.9. The first-order valence-corrected chi connectivity index (χ1v) is 11.2. The summed E-state index contributed by atoms with van der Waals surface area (Å²) in [4.78, 5) is 23.7. The van der Waals surface area contributed by atoms with Crippen LogP contribution in [0.4, 0.5) is 11.5 Å². The van der Waals surface area contributed by atoms with E-state index >= 15 is 0 Å². The van der Waals surface area contributed by atoms with E-state index in [4.69, 9.17) is 0 Å². The zero-order valence-corrected chi connectivity index (χ0v) is 19.2. The predicted octanol–water partition coefficient (Wildman–Crippen LogP) is 2.46. The van der Waals surface area contributed by atoms with Crippen molar-refractivity contribution in [2.24, 2.45) is 5.92 Å². The fourth-order valence-corrected chi connectivity index (χ4v) is 4.20. The first kappa shape index (κ1) is 20.9. The minimum absolute atomic E-state index is 0.0200. The van der Waals surface area contributed by atoms with E-state index in [1.165, 1.54) is 6.33 Å². The van der Waals surface area contributed by atoms with Crippen LogP contribution in [-0.4, -0.2) is 58.6 Å². The van der Waals surface area contributed by atoms with Crippen molar-refractivity contribution in [2.75, 3.05) is 23.3 Å². The Hall–Kier alpha value is -4.67. The lowest BCUT2D eigenvalue weighted by atomic mass is 9.99. The number of nitrogens with one attached hydrogen (secondary N) is 1. The third kappa shape index (κ3) is 3.97. The zero-order chi connectivity index (χ0) is 23.9. The maximum atomic E-state index is 12.9. The fourth-order valence-electron chi connectivity index (χ4n) is 4.20. The standard InChI is InChI=1S/C24H22N10O/c1-15-8-16(2)34(30-15)23-10-22(25-13-26-23)32-11-18(12-32)24(35)28-19-5-3-4-17(9-19)20-6-7-21-29-27-14-33(21)31-20/h3-10,13-14,18H,11-12H2,1-2H3,(H,28,35). The van der Waals surface area contributed by atoms with Gasteiger partial charge in [0.25, 0.3) is 0 Å². The molecule has 1 aliphatic rings. The molecule has 0 aliphatic carbocycles. The molecule has 11 heteroatoms. The number of carbonyl (C=O) groups is 1. The summed E-state index contributed by atoms with van der Waals surface area (Å²) in [6, 6.07) is 15.3. The lowest BCUT2D eigenvalue weighted by molar-refractivity contribution is -0.120. The van der Waals surface area contributed by atoms with E-state index < -0.39 is 0 Å². The van der Waals surface area contributed by atoms with Crippen LogP contribution in [0.3, 0.4) is 0 Å². The van der Waals surface area contributed by atoms with Crippen LogP contribution >= 0.6 is 0 Å². The Morgan fingerprint density at radius 2 is 1.86 bits per heavy atom. The number of fused-ring (bicyclic) bond motifs is 1. The van der Waals surface area contributed by atoms with Crippen molar-refractivity contribution in [3.8, 4) is 17.1 Å². The van der Waals surface area contributed by atoms with Crippen LogP contribution in [0.2, 0.25) is 0 Å². The summed E-state index contributed by atoms with van der Waals surface area (Å²) in [5, 5.41) is 19.9. The maximum Gasteiger partial charge on any atom is 0.231 e. The summed E-state index contributed by atoms with van der Waals surface area (Å²) in [7, 11) is 0. The number of hydrogen-bond acceptors (Lipinski definition) is 8. The van der Waals surface area contributed by atoms with Gasteiger partial charge in [-0.15, -0.1) is 10.2 Å². The van der Waals surface area contributed by atoms with Crippen LogP contribution in [0, 0.1) is 19.8 Å². The number of nitrogens with zero attached hydrogens (tertiary/aromatic N) is 9. The summed E-state index contributed by atoms with van der Waals surface area (Å²) in [5.41, 5.74) is 5.01. The highest BCUT2D eigenvalue weighted by molar-refractivity contribution is 5.94. The number of amides is 1. The highest BCUT2D eigenvalue weighted by Gasteiger charge is 2.34. The summed E-state index contributed by atoms with van der Waals surface area (Å²) in [6.45, 7) is 5.12. The van der Waals surface area contributed by atoms with Crippen molar-refractivity contribution < 1.29 is 4.79 Å². The van der Waals surface area contributed by atoms with Crippen LogP contribution < -0.4 is 10.2 Å². The number of hydrogen-bond donors (Lipinski definition) is 1. The molecule has 0 atom stereocenters. The van der Waals surface area contributed by atoms with Crippen LogP contribution in [0.1, 0.15) is 11.4 Å². The topological polar surface area (TPSA) is 119 Å². The molecular weight excluding hydrogens is 444 g/mol. The van der Waals surface area contributed by atoms with Crippen LogP contribution in [0.25, 0.3) is 22.7 Å². The van der Waals surface area contributed by atoms with Gasteiger partial charge in [-0.1, -0.05) is 12.1 Å². The van der Waals surface area contributed by atoms with Crippen molar-refractivity contribution in [1.29, 1.82) is 0 Å². The predicted molar refractivity (Wildman–Crippen MR) is 129 cm³/mol. The molecule has 11 nitrogen and oxygen atoms in total. The van der Waals surface area contributed by atoms with Gasteiger partial charge >= 0.3 is 0 Å². The molecule has 174 valence electrons. The summed E-state index contributed by atoms with van der Waals surface area (Å²) >= 11 is 0. The molecule has 4 aromatic heterocycles. The summed E-state index contributed by atoms with van der Waals surface area (Å²) < 4.78 is 3.42. The quantitative estimate of drug-likeness (QED) is 0.420. The third-order valence-electron chi connectivity index (χ3n) is 6.03. The Kier molecular flexibility index (Phi) is 4.94. The minimum Gasteiger partial charge on any atom is -0.355 e. The second kappa shape index (κ2) is 8.28. The molecule has 35 heavy (non-hydrogen) atoms. The Balaban J connectivity index is 1.12. The fraction of sp³-hybridized carbons (Fsp3) is 0.208. The van der Waals surface area contributed by atoms with Gasteiger partial charge < -0.3 is 10.2 Å². The molecule has 0 spiro atoms. The average molecular weight is 467 g/mol. The van der Waals surface area contributed by atoms with Gasteiger partial charge in [0.2, 0.25) is 5.91 Å². The molecule has 1 amide bonds. The molecule has 0 radical (unpaired) electrons. The molecule has 1 fully saturated rings. The zero-order valence-electron chi connectivity index (χ0n) is 19.2. The first-order valence-electron chi connectivity index (χ1n) is 11.2. The Morgan fingerprint density at radius 3 is 2.69 bits per heavy atom. The van der Waals surface area contributed by atoms with Gasteiger partial charge in [0.15, 0.2) is 11.5 Å². The minimum atomic E-state index is -0.128. The van der Waals surface area contributed by atoms with E-state index in [0.29, 0.717) is 24.6 Å². The Bertz CT molecular complexity index is 1550. The third-order valence-corrected chi connectivity index (χ3v) is 6.03. The Morgan fingerprint density at radius 1 is 1.00 bits per heavy atom. The largest absolute Gasteiger partial charge is 0.355 e. The highest BCUT2D eigenvalue weighted by Crippen LogP contribution is 2.26. The number of carbonyl (C=O) groups excluding carboxylic acids is 1.